The molecule has 0 heterocycles. The second-order valence-electron chi connectivity index (χ2n) is 2.85. The van der Waals surface area contributed by atoms with Crippen LogP contribution in [-0.4, -0.2) is 8.42 Å². The van der Waals surface area contributed by atoms with Crippen molar-refractivity contribution in [3.8, 4) is 6.07 Å². The van der Waals surface area contributed by atoms with Crippen LogP contribution in [0, 0.1) is 11.3 Å². The molecule has 0 bridgehead atoms. The van der Waals surface area contributed by atoms with Crippen LogP contribution in [0.1, 0.15) is 18.1 Å². The summed E-state index contributed by atoms with van der Waals surface area (Å²) in [6.07, 6.45) is 0.629. The molecule has 1 aromatic rings. The molecule has 0 fully saturated rings. The predicted octanol–water partition coefficient (Wildman–Crippen LogP) is 2.34. The first-order chi connectivity index (χ1) is 6.91. The molecule has 0 N–H and O–H groups in total. The molecule has 0 atom stereocenters. The molecule has 0 radical (unpaired) electrons. The normalized spacial score (nSPS) is 11.1. The van der Waals surface area contributed by atoms with E-state index in [2.05, 4.69) is 12.6 Å². The number of nitriles is 1. The Labute approximate surface area is 98.5 Å². The zero-order chi connectivity index (χ0) is 11.6. The third kappa shape index (κ3) is 2.46. The number of nitrogens with zero attached hydrogens (tertiary/aromatic N) is 1. The molecule has 0 spiro atoms. The molecule has 6 heteroatoms. The Hall–Kier alpha value is -0.700. The highest BCUT2D eigenvalue weighted by atomic mass is 35.7. The van der Waals surface area contributed by atoms with Crippen molar-refractivity contribution in [3.05, 3.63) is 23.3 Å². The minimum atomic E-state index is -3.94. The quantitative estimate of drug-likeness (QED) is 0.657. The Bertz CT molecular complexity index is 532. The van der Waals surface area contributed by atoms with E-state index in [1.165, 1.54) is 6.07 Å². The maximum atomic E-state index is 11.3. The van der Waals surface area contributed by atoms with Crippen LogP contribution in [0.25, 0.3) is 0 Å². The Kier molecular flexibility index (Phi) is 3.66. The molecule has 0 aromatic heterocycles. The van der Waals surface area contributed by atoms with Crippen LogP contribution in [0.5, 0.6) is 0 Å². The third-order valence-corrected chi connectivity index (χ3v) is 4.00. The fourth-order valence-electron chi connectivity index (χ4n) is 1.23. The van der Waals surface area contributed by atoms with E-state index in [0.717, 1.165) is 5.56 Å². The predicted molar refractivity (Wildman–Crippen MR) is 60.8 cm³/mol. The Morgan fingerprint density at radius 3 is 2.53 bits per heavy atom. The van der Waals surface area contributed by atoms with Gasteiger partial charge in [-0.05, 0) is 18.1 Å². The first-order valence-corrected chi connectivity index (χ1v) is 6.87. The molecule has 80 valence electrons. The van der Waals surface area contributed by atoms with Crippen molar-refractivity contribution >= 4 is 32.4 Å². The van der Waals surface area contributed by atoms with Crippen molar-refractivity contribution in [2.75, 3.05) is 0 Å². The van der Waals surface area contributed by atoms with Crippen LogP contribution in [0.3, 0.4) is 0 Å². The highest BCUT2D eigenvalue weighted by molar-refractivity contribution is 8.14. The molecule has 0 saturated heterocycles. The van der Waals surface area contributed by atoms with Gasteiger partial charge in [0.2, 0.25) is 0 Å². The van der Waals surface area contributed by atoms with Crippen LogP contribution in [0.2, 0.25) is 0 Å². The van der Waals surface area contributed by atoms with Crippen molar-refractivity contribution in [2.24, 2.45) is 0 Å². The molecule has 1 aromatic carbocycles. The highest BCUT2D eigenvalue weighted by Crippen LogP contribution is 2.30. The number of aryl methyl sites for hydroxylation is 1. The minimum Gasteiger partial charge on any atom is -0.207 e. The maximum Gasteiger partial charge on any atom is 0.263 e. The summed E-state index contributed by atoms with van der Waals surface area (Å²) in [5, 5.41) is 8.76. The van der Waals surface area contributed by atoms with E-state index in [1.807, 2.05) is 6.92 Å². The molecule has 0 aliphatic carbocycles. The number of halogens is 1. The largest absolute Gasteiger partial charge is 0.263 e. The first-order valence-electron chi connectivity index (χ1n) is 4.11. The lowest BCUT2D eigenvalue weighted by Crippen LogP contribution is -2.00. The lowest BCUT2D eigenvalue weighted by molar-refractivity contribution is 0.607. The van der Waals surface area contributed by atoms with Gasteiger partial charge in [-0.2, -0.15) is 5.26 Å². The van der Waals surface area contributed by atoms with Gasteiger partial charge >= 0.3 is 0 Å². The van der Waals surface area contributed by atoms with Gasteiger partial charge in [-0.1, -0.05) is 13.0 Å². The number of thiol groups is 1. The van der Waals surface area contributed by atoms with Crippen molar-refractivity contribution < 1.29 is 8.42 Å². The summed E-state index contributed by atoms with van der Waals surface area (Å²) in [7, 11) is 1.31. The van der Waals surface area contributed by atoms with E-state index in [-0.39, 0.29) is 15.4 Å². The van der Waals surface area contributed by atoms with E-state index in [0.29, 0.717) is 6.42 Å². The topological polar surface area (TPSA) is 57.9 Å². The molecule has 0 unspecified atom stereocenters. The van der Waals surface area contributed by atoms with Gasteiger partial charge in [-0.25, -0.2) is 8.42 Å². The monoisotopic (exact) mass is 261 g/mol. The van der Waals surface area contributed by atoms with E-state index in [4.69, 9.17) is 15.9 Å². The molecule has 1 rings (SSSR count). The molecule has 0 saturated carbocycles. The summed E-state index contributed by atoms with van der Waals surface area (Å²) in [6.45, 7) is 1.87. The second kappa shape index (κ2) is 4.44. The SMILES string of the molecule is CCc1ccc(C#N)c(S(=O)(=O)Cl)c1S. The summed E-state index contributed by atoms with van der Waals surface area (Å²) in [5.74, 6) is 0. The zero-order valence-electron chi connectivity index (χ0n) is 7.86. The van der Waals surface area contributed by atoms with Gasteiger partial charge in [-0.3, -0.25) is 0 Å². The van der Waals surface area contributed by atoms with Gasteiger partial charge in [0, 0.05) is 15.6 Å². The molecule has 15 heavy (non-hydrogen) atoms. The molecular formula is C9H8ClNO2S2. The number of rotatable bonds is 2. The summed E-state index contributed by atoms with van der Waals surface area (Å²) in [4.78, 5) is 0.0564. The van der Waals surface area contributed by atoms with Gasteiger partial charge in [0.1, 0.15) is 11.0 Å². The van der Waals surface area contributed by atoms with Crippen LogP contribution >= 0.6 is 23.3 Å². The zero-order valence-corrected chi connectivity index (χ0v) is 10.3. The van der Waals surface area contributed by atoms with Gasteiger partial charge in [0.25, 0.3) is 9.05 Å². The summed E-state index contributed by atoms with van der Waals surface area (Å²) >= 11 is 4.09. The number of hydrogen-bond acceptors (Lipinski definition) is 4. The van der Waals surface area contributed by atoms with E-state index in [1.54, 1.807) is 12.1 Å². The Balaban J connectivity index is 3.67. The first kappa shape index (κ1) is 12.4. The van der Waals surface area contributed by atoms with Gasteiger partial charge in [0.05, 0.1) is 5.56 Å². The third-order valence-electron chi connectivity index (χ3n) is 1.96. The second-order valence-corrected chi connectivity index (χ2v) is 5.80. The molecule has 0 amide bonds. The number of benzene rings is 1. The molecular weight excluding hydrogens is 254 g/mol. The fourth-order valence-corrected chi connectivity index (χ4v) is 3.33. The lowest BCUT2D eigenvalue weighted by atomic mass is 10.1. The molecule has 0 aliphatic heterocycles. The Morgan fingerprint density at radius 1 is 1.53 bits per heavy atom. The van der Waals surface area contributed by atoms with Gasteiger partial charge < -0.3 is 0 Å². The van der Waals surface area contributed by atoms with E-state index >= 15 is 0 Å². The highest BCUT2D eigenvalue weighted by Gasteiger charge is 2.20. The van der Waals surface area contributed by atoms with Crippen LogP contribution in [0.4, 0.5) is 0 Å². The molecule has 3 nitrogen and oxygen atoms in total. The van der Waals surface area contributed by atoms with Crippen LogP contribution in [0.15, 0.2) is 21.9 Å². The Morgan fingerprint density at radius 2 is 2.13 bits per heavy atom. The maximum absolute atomic E-state index is 11.3. The molecule has 0 aliphatic rings. The van der Waals surface area contributed by atoms with Crippen molar-refractivity contribution in [3.63, 3.8) is 0 Å². The number of hydrogen-bond donors (Lipinski definition) is 1. The van der Waals surface area contributed by atoms with Crippen molar-refractivity contribution in [1.82, 2.24) is 0 Å². The van der Waals surface area contributed by atoms with Crippen molar-refractivity contribution in [1.29, 1.82) is 5.26 Å². The summed E-state index contributed by atoms with van der Waals surface area (Å²) < 4.78 is 22.5. The standard InChI is InChI=1S/C9H8ClNO2S2/c1-2-6-3-4-7(5-11)9(8(6)14)15(10,12)13/h3-4,14H,2H2,1H3. The average Bonchev–Trinajstić information content (AvgIpc) is 2.15. The summed E-state index contributed by atoms with van der Waals surface area (Å²) in [6, 6.07) is 4.89. The van der Waals surface area contributed by atoms with E-state index < -0.39 is 9.05 Å². The van der Waals surface area contributed by atoms with Crippen molar-refractivity contribution in [2.45, 2.75) is 23.1 Å². The van der Waals surface area contributed by atoms with Gasteiger partial charge in [0.15, 0.2) is 0 Å². The van der Waals surface area contributed by atoms with E-state index in [9.17, 15) is 8.42 Å². The smallest absolute Gasteiger partial charge is 0.207 e. The van der Waals surface area contributed by atoms with Crippen LogP contribution in [-0.2, 0) is 15.5 Å². The lowest BCUT2D eigenvalue weighted by Gasteiger charge is -2.07. The fraction of sp³-hybridized carbons (Fsp3) is 0.222. The van der Waals surface area contributed by atoms with Gasteiger partial charge in [-0.15, -0.1) is 12.6 Å². The minimum absolute atomic E-state index is 0.0206. The van der Waals surface area contributed by atoms with Crippen LogP contribution < -0.4 is 0 Å². The summed E-state index contributed by atoms with van der Waals surface area (Å²) in [5.41, 5.74) is 0.767. The average molecular weight is 262 g/mol.